The van der Waals surface area contributed by atoms with Crippen LogP contribution in [0.3, 0.4) is 0 Å². The molecule has 0 unspecified atom stereocenters. The van der Waals surface area contributed by atoms with Gasteiger partial charge < -0.3 is 0 Å². The number of rotatable bonds is 6. The first kappa shape index (κ1) is 25.4. The van der Waals surface area contributed by atoms with E-state index in [9.17, 15) is 17.6 Å². The highest BCUT2D eigenvalue weighted by Gasteiger charge is 2.41. The number of fused-ring (bicyclic) bond motifs is 2. The van der Waals surface area contributed by atoms with E-state index in [1.54, 1.807) is 9.36 Å². The molecular weight excluding hydrogens is 520 g/mol. The summed E-state index contributed by atoms with van der Waals surface area (Å²) in [4.78, 5) is 8.22. The molecule has 4 heterocycles. The zero-order chi connectivity index (χ0) is 27.4. The maximum atomic E-state index is 14.1. The minimum absolute atomic E-state index is 0.0337. The van der Waals surface area contributed by atoms with Crippen LogP contribution in [0.25, 0.3) is 0 Å². The number of aromatic nitrogens is 6. The summed E-state index contributed by atoms with van der Waals surface area (Å²) in [7, 11) is 0. The lowest BCUT2D eigenvalue weighted by atomic mass is 10.0. The Hall–Kier alpha value is -3.56. The summed E-state index contributed by atoms with van der Waals surface area (Å²) in [6.45, 7) is 0. The Balaban J connectivity index is 0.000000132. The average molecular weight is 551 g/mol. The van der Waals surface area contributed by atoms with Gasteiger partial charge in [-0.2, -0.15) is 10.2 Å². The monoisotopic (exact) mass is 550 g/mol. The van der Waals surface area contributed by atoms with E-state index < -0.39 is 24.7 Å². The molecule has 2 aromatic heterocycles. The number of nitrogens with zero attached hydrogens (tertiary/aromatic N) is 6. The summed E-state index contributed by atoms with van der Waals surface area (Å²) >= 11 is 0. The SMILES string of the molecule is F[C@H](c1nc2n(n1)[C@H](c1ccccc1)C[C@@H]2F)C1CC1.F[C@H]1C[C@@H](c2ccccc2)n2nc([C@H](F)C3CC3)nc21. The molecule has 10 heteroatoms. The van der Waals surface area contributed by atoms with E-state index in [1.165, 1.54) is 0 Å². The van der Waals surface area contributed by atoms with Gasteiger partial charge in [0.25, 0.3) is 0 Å². The first-order valence-electron chi connectivity index (χ1n) is 14.1. The topological polar surface area (TPSA) is 61.4 Å². The van der Waals surface area contributed by atoms with Crippen molar-refractivity contribution >= 4 is 0 Å². The van der Waals surface area contributed by atoms with Crippen molar-refractivity contribution in [1.82, 2.24) is 29.5 Å². The van der Waals surface area contributed by atoms with Crippen LogP contribution in [0.4, 0.5) is 17.6 Å². The molecule has 0 radical (unpaired) electrons. The first-order valence-corrected chi connectivity index (χ1v) is 14.1. The van der Waals surface area contributed by atoms with Crippen LogP contribution in [0.2, 0.25) is 0 Å². The predicted octanol–water partition coefficient (Wildman–Crippen LogP) is 7.40. The van der Waals surface area contributed by atoms with Crippen molar-refractivity contribution < 1.29 is 17.6 Å². The van der Waals surface area contributed by atoms with E-state index in [4.69, 9.17) is 0 Å². The van der Waals surface area contributed by atoms with Crippen molar-refractivity contribution in [2.75, 3.05) is 0 Å². The van der Waals surface area contributed by atoms with Crippen molar-refractivity contribution in [3.8, 4) is 0 Å². The fourth-order valence-electron chi connectivity index (χ4n) is 5.73. The maximum absolute atomic E-state index is 14.1. The molecule has 4 aromatic rings. The summed E-state index contributed by atoms with van der Waals surface area (Å²) in [6.07, 6.45) is -0.411. The molecule has 2 aliphatic carbocycles. The fourth-order valence-corrected chi connectivity index (χ4v) is 5.73. The van der Waals surface area contributed by atoms with Gasteiger partial charge in [0.15, 0.2) is 48.0 Å². The molecule has 0 bridgehead atoms. The highest BCUT2D eigenvalue weighted by Crippen LogP contribution is 2.46. The van der Waals surface area contributed by atoms with Crippen LogP contribution < -0.4 is 0 Å². The second-order valence-electron chi connectivity index (χ2n) is 11.3. The minimum Gasteiger partial charge on any atom is -0.239 e. The molecule has 2 saturated carbocycles. The van der Waals surface area contributed by atoms with Gasteiger partial charge in [-0.15, -0.1) is 0 Å². The Kier molecular flexibility index (Phi) is 6.43. The molecule has 6 nitrogen and oxygen atoms in total. The zero-order valence-electron chi connectivity index (χ0n) is 21.8. The third-order valence-corrected chi connectivity index (χ3v) is 8.29. The molecule has 40 heavy (non-hydrogen) atoms. The van der Waals surface area contributed by atoms with Crippen molar-refractivity contribution in [3.63, 3.8) is 0 Å². The van der Waals surface area contributed by atoms with Crippen LogP contribution in [0.15, 0.2) is 60.7 Å². The average Bonchev–Trinajstić information content (AvgIpc) is 3.87. The zero-order valence-corrected chi connectivity index (χ0v) is 21.8. The Morgan fingerprint density at radius 2 is 0.975 bits per heavy atom. The lowest BCUT2D eigenvalue weighted by molar-refractivity contribution is 0.283. The molecule has 6 atom stereocenters. The summed E-state index contributed by atoms with van der Waals surface area (Å²) in [5, 5.41) is 8.50. The molecular formula is C30H30F4N6. The standard InChI is InChI=1S/2C15H15F2N3/c2*16-11-8-12(9-4-2-1-3-5-9)20-15(11)18-14(19-20)13(17)10-6-7-10/h2*1-5,10-13H,6-8H2/t11-,12-,13+;11-,12-,13-/m00/s1. The molecule has 8 rings (SSSR count). The summed E-state index contributed by atoms with van der Waals surface area (Å²) in [5.41, 5.74) is 1.99. The highest BCUT2D eigenvalue weighted by atomic mass is 19.1. The van der Waals surface area contributed by atoms with Crippen LogP contribution in [0, 0.1) is 11.8 Å². The number of hydrogen-bond donors (Lipinski definition) is 0. The quantitative estimate of drug-likeness (QED) is 0.235. The number of hydrogen-bond acceptors (Lipinski definition) is 4. The van der Waals surface area contributed by atoms with E-state index in [0.29, 0.717) is 12.8 Å². The van der Waals surface area contributed by atoms with Crippen molar-refractivity contribution in [1.29, 1.82) is 0 Å². The molecule has 0 N–H and O–H groups in total. The van der Waals surface area contributed by atoms with Crippen LogP contribution in [0.5, 0.6) is 0 Å². The van der Waals surface area contributed by atoms with E-state index in [0.717, 1.165) is 36.8 Å². The molecule has 2 aliphatic heterocycles. The van der Waals surface area contributed by atoms with Gasteiger partial charge in [-0.1, -0.05) is 60.7 Å². The Labute approximate surface area is 229 Å². The molecule has 2 aromatic carbocycles. The van der Waals surface area contributed by atoms with Crippen LogP contribution in [-0.4, -0.2) is 29.5 Å². The lowest BCUT2D eigenvalue weighted by Gasteiger charge is -2.11. The number of benzene rings is 2. The molecule has 0 spiro atoms. The lowest BCUT2D eigenvalue weighted by Crippen LogP contribution is -2.08. The molecule has 0 saturated heterocycles. The third-order valence-electron chi connectivity index (χ3n) is 8.29. The second-order valence-corrected chi connectivity index (χ2v) is 11.3. The summed E-state index contributed by atoms with van der Waals surface area (Å²) < 4.78 is 59.5. The second kappa shape index (κ2) is 10.1. The van der Waals surface area contributed by atoms with E-state index in [-0.39, 0.29) is 47.2 Å². The summed E-state index contributed by atoms with van der Waals surface area (Å²) in [6, 6.07) is 18.9. The largest absolute Gasteiger partial charge is 0.239 e. The van der Waals surface area contributed by atoms with E-state index in [2.05, 4.69) is 20.2 Å². The Morgan fingerprint density at radius 3 is 1.32 bits per heavy atom. The predicted molar refractivity (Wildman–Crippen MR) is 139 cm³/mol. The molecule has 2 fully saturated rings. The first-order chi connectivity index (χ1) is 19.5. The smallest absolute Gasteiger partial charge is 0.185 e. The van der Waals surface area contributed by atoms with Gasteiger partial charge in [-0.25, -0.2) is 36.9 Å². The van der Waals surface area contributed by atoms with E-state index >= 15 is 0 Å². The van der Waals surface area contributed by atoms with Crippen LogP contribution in [0.1, 0.15) is 110 Å². The van der Waals surface area contributed by atoms with Gasteiger partial charge in [0.05, 0.1) is 12.1 Å². The van der Waals surface area contributed by atoms with Gasteiger partial charge in [0.2, 0.25) is 0 Å². The van der Waals surface area contributed by atoms with E-state index in [1.807, 2.05) is 60.7 Å². The van der Waals surface area contributed by atoms with Crippen LogP contribution in [-0.2, 0) is 0 Å². The Bertz CT molecular complexity index is 1350. The van der Waals surface area contributed by atoms with Crippen molar-refractivity contribution in [3.05, 3.63) is 95.1 Å². The van der Waals surface area contributed by atoms with Gasteiger partial charge in [-0.05, 0) is 48.6 Å². The maximum Gasteiger partial charge on any atom is 0.185 e. The normalized spacial score (nSPS) is 26.5. The number of halogens is 4. The molecule has 0 amide bonds. The molecule has 4 aliphatic rings. The van der Waals surface area contributed by atoms with Crippen LogP contribution >= 0.6 is 0 Å². The minimum atomic E-state index is -1.16. The third kappa shape index (κ3) is 4.71. The molecule has 208 valence electrons. The highest BCUT2D eigenvalue weighted by molar-refractivity contribution is 5.25. The Morgan fingerprint density at radius 1 is 0.600 bits per heavy atom. The van der Waals surface area contributed by atoms with Crippen molar-refractivity contribution in [2.24, 2.45) is 11.8 Å². The fraction of sp³-hybridized carbons (Fsp3) is 0.467. The summed E-state index contributed by atoms with van der Waals surface area (Å²) in [5.74, 6) is 0.934. The van der Waals surface area contributed by atoms with Crippen molar-refractivity contribution in [2.45, 2.75) is 75.3 Å². The van der Waals surface area contributed by atoms with Gasteiger partial charge in [0, 0.05) is 12.8 Å². The number of alkyl halides is 4. The van der Waals surface area contributed by atoms with Gasteiger partial charge >= 0.3 is 0 Å². The van der Waals surface area contributed by atoms with Gasteiger partial charge in [0.1, 0.15) is 0 Å². The van der Waals surface area contributed by atoms with Gasteiger partial charge in [-0.3, -0.25) is 0 Å².